The molecule has 1 amide bonds. The van der Waals surface area contributed by atoms with E-state index < -0.39 is 5.56 Å². The molecule has 1 unspecified atom stereocenters. The fraction of sp³-hybridized carbons (Fsp3) is 0.316. The van der Waals surface area contributed by atoms with Crippen molar-refractivity contribution in [3.05, 3.63) is 63.6 Å². The van der Waals surface area contributed by atoms with Crippen molar-refractivity contribution >= 4 is 50.9 Å². The highest BCUT2D eigenvalue weighted by atomic mass is 79.9. The molecular weight excluding hydrogens is 439 g/mol. The van der Waals surface area contributed by atoms with Gasteiger partial charge in [-0.3, -0.25) is 0 Å². The Labute approximate surface area is 171 Å². The molecule has 1 fully saturated rings. The molecule has 2 atom stereocenters. The third kappa shape index (κ3) is 4.64. The van der Waals surface area contributed by atoms with E-state index in [2.05, 4.69) is 33.0 Å². The largest absolute Gasteiger partial charge is 0.430 e. The van der Waals surface area contributed by atoms with Crippen LogP contribution in [0.25, 0.3) is 0 Å². The van der Waals surface area contributed by atoms with Gasteiger partial charge in [-0.15, -0.1) is 0 Å². The van der Waals surface area contributed by atoms with Crippen molar-refractivity contribution in [3.8, 4) is 0 Å². The Morgan fingerprint density at radius 2 is 1.81 bits per heavy atom. The van der Waals surface area contributed by atoms with Crippen LogP contribution in [0.5, 0.6) is 0 Å². The molecule has 4 nitrogen and oxygen atoms in total. The van der Waals surface area contributed by atoms with E-state index >= 15 is 0 Å². The molecular formula is C19H19BrCl2N2O2. The van der Waals surface area contributed by atoms with Crippen molar-refractivity contribution in [2.45, 2.75) is 18.5 Å². The second kappa shape index (κ2) is 8.51. The molecule has 0 aromatic heterocycles. The first-order valence-electron chi connectivity index (χ1n) is 8.31. The molecule has 2 aromatic rings. The Balaban J connectivity index is 1.88. The molecule has 0 bridgehead atoms. The number of carbonyl (C=O) groups excluding carboxylic acids is 1. The van der Waals surface area contributed by atoms with Crippen LogP contribution in [0.3, 0.4) is 0 Å². The van der Waals surface area contributed by atoms with E-state index in [1.54, 1.807) is 11.8 Å². The molecule has 1 aliphatic rings. The molecule has 1 heterocycles. The molecule has 0 spiro atoms. The molecule has 1 aliphatic heterocycles. The number of carbonyl (C=O) groups is 1. The van der Waals surface area contributed by atoms with Gasteiger partial charge in [0.1, 0.15) is 0 Å². The van der Waals surface area contributed by atoms with Gasteiger partial charge in [0, 0.05) is 34.8 Å². The van der Waals surface area contributed by atoms with E-state index in [0.717, 1.165) is 15.7 Å². The highest BCUT2D eigenvalue weighted by molar-refractivity contribution is 9.10. The highest BCUT2D eigenvalue weighted by Gasteiger charge is 2.32. The summed E-state index contributed by atoms with van der Waals surface area (Å²) in [6.45, 7) is 3.41. The second-order valence-electron chi connectivity index (χ2n) is 6.11. The summed E-state index contributed by atoms with van der Waals surface area (Å²) < 4.78 is 6.17. The summed E-state index contributed by atoms with van der Waals surface area (Å²) in [6.07, 6.45) is -0.384. The third-order valence-electron chi connectivity index (χ3n) is 4.31. The first kappa shape index (κ1) is 19.3. The molecule has 7 heteroatoms. The monoisotopic (exact) mass is 456 g/mol. The van der Waals surface area contributed by atoms with Crippen LogP contribution in [0, 0.1) is 0 Å². The Hall–Kier alpha value is -1.43. The number of benzene rings is 2. The van der Waals surface area contributed by atoms with Gasteiger partial charge in [-0.25, -0.2) is 4.79 Å². The lowest BCUT2D eigenvalue weighted by atomic mass is 10.0. The molecule has 0 aliphatic carbocycles. The molecule has 3 rings (SSSR count). The van der Waals surface area contributed by atoms with Crippen molar-refractivity contribution < 1.29 is 9.53 Å². The van der Waals surface area contributed by atoms with Crippen LogP contribution >= 0.6 is 39.1 Å². The van der Waals surface area contributed by atoms with Gasteiger partial charge in [-0.2, -0.15) is 0 Å². The zero-order valence-corrected chi connectivity index (χ0v) is 17.3. The lowest BCUT2D eigenvalue weighted by Gasteiger charge is -2.42. The number of hydrogen-bond acceptors (Lipinski definition) is 3. The minimum atomic E-state index is -0.650. The molecule has 0 radical (unpaired) electrons. The number of rotatable bonds is 3. The average Bonchev–Trinajstić information content (AvgIpc) is 2.62. The second-order valence-corrected chi connectivity index (χ2v) is 8.08. The maximum Gasteiger partial charge on any atom is 0.411 e. The fourth-order valence-corrected chi connectivity index (χ4v) is 3.54. The van der Waals surface area contributed by atoms with Crippen LogP contribution in [0.15, 0.2) is 53.0 Å². The summed E-state index contributed by atoms with van der Waals surface area (Å²) in [7, 11) is 0. The maximum absolute atomic E-state index is 12.3. The third-order valence-corrected chi connectivity index (χ3v) is 5.18. The number of anilines is 1. The smallest absolute Gasteiger partial charge is 0.411 e. The number of piperazine rings is 1. The number of alkyl halides is 1. The van der Waals surface area contributed by atoms with Gasteiger partial charge in [-0.1, -0.05) is 51.3 Å². The van der Waals surface area contributed by atoms with Crippen LogP contribution in [0.4, 0.5) is 10.5 Å². The molecule has 138 valence electrons. The zero-order valence-electron chi connectivity index (χ0n) is 14.2. The quantitative estimate of drug-likeness (QED) is 0.555. The number of amides is 1. The highest BCUT2D eigenvalue weighted by Crippen LogP contribution is 2.32. The number of hydrogen-bond donors (Lipinski definition) is 0. The van der Waals surface area contributed by atoms with E-state index in [0.29, 0.717) is 24.7 Å². The standard InChI is InChI=1S/C19H19BrCl2N2O2/c1-13(21)26-19(25)23-10-11-24(17-8-6-16(22)7-9-17)18(12-23)14-2-4-15(20)5-3-14/h2-9,13,18H,10-12H2,1H3/t13?,18-/m0/s1. The Kier molecular flexibility index (Phi) is 6.33. The number of halogens is 3. The maximum atomic E-state index is 12.3. The van der Waals surface area contributed by atoms with Crippen LogP contribution in [-0.2, 0) is 4.74 Å². The summed E-state index contributed by atoms with van der Waals surface area (Å²) in [5.74, 6) is 0. The molecule has 2 aromatic carbocycles. The van der Waals surface area contributed by atoms with Crippen molar-refractivity contribution in [2.24, 2.45) is 0 Å². The molecule has 26 heavy (non-hydrogen) atoms. The van der Waals surface area contributed by atoms with Crippen molar-refractivity contribution in [2.75, 3.05) is 24.5 Å². The summed E-state index contributed by atoms with van der Waals surface area (Å²) in [5.41, 5.74) is 1.54. The van der Waals surface area contributed by atoms with E-state index in [1.807, 2.05) is 36.4 Å². The molecule has 0 N–H and O–H groups in total. The van der Waals surface area contributed by atoms with Crippen molar-refractivity contribution in [1.82, 2.24) is 4.90 Å². The fourth-order valence-electron chi connectivity index (χ4n) is 3.07. The Morgan fingerprint density at radius 1 is 1.15 bits per heavy atom. The van der Waals surface area contributed by atoms with Crippen LogP contribution in [0.1, 0.15) is 18.5 Å². The average molecular weight is 458 g/mol. The van der Waals surface area contributed by atoms with Crippen molar-refractivity contribution in [1.29, 1.82) is 0 Å². The Bertz CT molecular complexity index is 753. The zero-order chi connectivity index (χ0) is 18.7. The van der Waals surface area contributed by atoms with Gasteiger partial charge >= 0.3 is 6.09 Å². The topological polar surface area (TPSA) is 32.8 Å². The van der Waals surface area contributed by atoms with Gasteiger partial charge in [0.15, 0.2) is 5.56 Å². The van der Waals surface area contributed by atoms with Gasteiger partial charge < -0.3 is 14.5 Å². The van der Waals surface area contributed by atoms with E-state index in [-0.39, 0.29) is 12.1 Å². The van der Waals surface area contributed by atoms with Gasteiger partial charge in [0.05, 0.1) is 6.04 Å². The van der Waals surface area contributed by atoms with Crippen molar-refractivity contribution in [3.63, 3.8) is 0 Å². The van der Waals surface area contributed by atoms with Gasteiger partial charge in [0.25, 0.3) is 0 Å². The lowest BCUT2D eigenvalue weighted by Crippen LogP contribution is -2.51. The van der Waals surface area contributed by atoms with Crippen LogP contribution < -0.4 is 4.90 Å². The first-order valence-corrected chi connectivity index (χ1v) is 9.92. The summed E-state index contributed by atoms with van der Waals surface area (Å²) in [4.78, 5) is 16.3. The first-order chi connectivity index (χ1) is 12.4. The number of nitrogens with zero attached hydrogens (tertiary/aromatic N) is 2. The predicted octanol–water partition coefficient (Wildman–Crippen LogP) is 5.69. The summed E-state index contributed by atoms with van der Waals surface area (Å²) >= 11 is 15.3. The normalized spacial score (nSPS) is 18.5. The van der Waals surface area contributed by atoms with Gasteiger partial charge in [-0.05, 0) is 48.9 Å². The predicted molar refractivity (Wildman–Crippen MR) is 109 cm³/mol. The number of ether oxygens (including phenoxy) is 1. The van der Waals surface area contributed by atoms with Gasteiger partial charge in [0.2, 0.25) is 0 Å². The van der Waals surface area contributed by atoms with Crippen LogP contribution in [-0.4, -0.2) is 36.2 Å². The molecule has 1 saturated heterocycles. The molecule has 0 saturated carbocycles. The van der Waals surface area contributed by atoms with E-state index in [9.17, 15) is 4.79 Å². The van der Waals surface area contributed by atoms with E-state index in [4.69, 9.17) is 27.9 Å². The van der Waals surface area contributed by atoms with E-state index in [1.165, 1.54) is 0 Å². The summed E-state index contributed by atoms with van der Waals surface area (Å²) in [5, 5.41) is 0.701. The lowest BCUT2D eigenvalue weighted by molar-refractivity contribution is 0.0885. The minimum absolute atomic E-state index is 0.0104. The minimum Gasteiger partial charge on any atom is -0.430 e. The summed E-state index contributed by atoms with van der Waals surface area (Å²) in [6, 6.07) is 15.9. The SMILES string of the molecule is CC(Cl)OC(=O)N1CCN(c2ccc(Cl)cc2)[C@H](c2ccc(Br)cc2)C1. The van der Waals surface area contributed by atoms with Crippen LogP contribution in [0.2, 0.25) is 5.02 Å². The Morgan fingerprint density at radius 3 is 2.42 bits per heavy atom.